The van der Waals surface area contributed by atoms with Gasteiger partial charge in [0.2, 0.25) is 0 Å². The van der Waals surface area contributed by atoms with E-state index in [0.717, 1.165) is 0 Å². The molecule has 138 valence electrons. The fourth-order valence-electron chi connectivity index (χ4n) is 2.11. The highest BCUT2D eigenvalue weighted by molar-refractivity contribution is 7.84. The van der Waals surface area contributed by atoms with Crippen LogP contribution in [0.3, 0.4) is 0 Å². The molecule has 0 aromatic rings. The maximum absolute atomic E-state index is 11.9. The number of nitrogens with two attached hydrogens (primary N) is 2. The Morgan fingerprint density at radius 1 is 1.13 bits per heavy atom. The van der Waals surface area contributed by atoms with Crippen molar-refractivity contribution in [1.29, 1.82) is 0 Å². The van der Waals surface area contributed by atoms with Crippen LogP contribution in [0.1, 0.15) is 53.4 Å². The van der Waals surface area contributed by atoms with Crippen molar-refractivity contribution in [2.45, 2.75) is 64.6 Å². The Morgan fingerprint density at radius 2 is 1.57 bits per heavy atom. The minimum absolute atomic E-state index is 0.472. The van der Waals surface area contributed by atoms with E-state index in [0.29, 0.717) is 37.2 Å². The predicted molar refractivity (Wildman–Crippen MR) is 92.5 cm³/mol. The summed E-state index contributed by atoms with van der Waals surface area (Å²) in [6, 6.07) is 0. The van der Waals surface area contributed by atoms with Crippen molar-refractivity contribution < 1.29 is 27.3 Å². The van der Waals surface area contributed by atoms with Crippen LogP contribution in [0.2, 0.25) is 0 Å². The number of rotatable bonds is 12. The van der Waals surface area contributed by atoms with E-state index in [1.54, 1.807) is 27.7 Å². The van der Waals surface area contributed by atoms with E-state index in [1.807, 2.05) is 0 Å². The second-order valence-electron chi connectivity index (χ2n) is 6.61. The minimum Gasteiger partial charge on any atom is -0.313 e. The average molecular weight is 391 g/mol. The molecule has 0 spiro atoms. The smallest absolute Gasteiger partial charge is 0.313 e. The van der Waals surface area contributed by atoms with Gasteiger partial charge in [-0.25, -0.2) is 10.1 Å². The fourth-order valence-corrected chi connectivity index (χ4v) is 4.62. The molecule has 0 aliphatic heterocycles. The number of hydrogen-bond acceptors (Lipinski definition) is 5. The van der Waals surface area contributed by atoms with Gasteiger partial charge in [-0.1, -0.05) is 5.50 Å². The van der Waals surface area contributed by atoms with E-state index < -0.39 is 37.9 Å². The Labute approximate surface area is 141 Å². The van der Waals surface area contributed by atoms with E-state index in [-0.39, 0.29) is 0 Å². The molecular weight excluding hydrogens is 362 g/mol. The van der Waals surface area contributed by atoms with Crippen LogP contribution in [-0.4, -0.2) is 31.8 Å². The summed E-state index contributed by atoms with van der Waals surface area (Å²) in [7, 11) is -7.17. The lowest BCUT2D eigenvalue weighted by Crippen LogP contribution is -2.25. The molecular formula is C12H29N2O6P2S+. The van der Waals surface area contributed by atoms with Crippen molar-refractivity contribution in [3.8, 4) is 0 Å². The minimum atomic E-state index is -4.02. The van der Waals surface area contributed by atoms with Gasteiger partial charge >= 0.3 is 15.9 Å². The summed E-state index contributed by atoms with van der Waals surface area (Å²) in [6.45, 7) is 6.91. The van der Waals surface area contributed by atoms with Crippen LogP contribution in [-0.2, 0) is 29.0 Å². The van der Waals surface area contributed by atoms with Gasteiger partial charge in [0, 0.05) is 22.3 Å². The SMILES string of the molecule is CC(C)(CCCS(=O)CCCC(C)(C)OP(N)(=O)O)O[P+](N)=O. The molecule has 0 amide bonds. The quantitative estimate of drug-likeness (QED) is 0.431. The van der Waals surface area contributed by atoms with Gasteiger partial charge in [-0.05, 0) is 57.9 Å². The van der Waals surface area contributed by atoms with Crippen molar-refractivity contribution in [3.63, 3.8) is 0 Å². The van der Waals surface area contributed by atoms with Crippen LogP contribution in [0.5, 0.6) is 0 Å². The maximum Gasteiger partial charge on any atom is 0.610 e. The third kappa shape index (κ3) is 14.3. The summed E-state index contributed by atoms with van der Waals surface area (Å²) in [5, 5.41) is 0. The highest BCUT2D eigenvalue weighted by Crippen LogP contribution is 2.39. The summed E-state index contributed by atoms with van der Waals surface area (Å²) < 4.78 is 43.9. The Morgan fingerprint density at radius 3 is 1.96 bits per heavy atom. The standard InChI is InChI=1S/C12H28N2O6P2S/c1-11(2,19-21(13)15)7-5-9-23(18)10-6-8-12(3,4)20-22(14,16)17/h5-10H2,1-4H3,(H4-,13,14,15,16,17)/p+1. The molecule has 3 unspecified atom stereocenters. The van der Waals surface area contributed by atoms with E-state index in [9.17, 15) is 13.3 Å². The molecule has 8 nitrogen and oxygen atoms in total. The van der Waals surface area contributed by atoms with Crippen LogP contribution in [0.4, 0.5) is 0 Å². The molecule has 0 heterocycles. The molecule has 0 saturated heterocycles. The lowest BCUT2D eigenvalue weighted by atomic mass is 10.0. The molecule has 0 aliphatic rings. The second kappa shape index (κ2) is 9.68. The molecule has 0 bridgehead atoms. The third-order valence-electron chi connectivity index (χ3n) is 3.02. The molecule has 0 saturated carbocycles. The Kier molecular flexibility index (Phi) is 9.80. The molecule has 0 rings (SSSR count). The average Bonchev–Trinajstić information content (AvgIpc) is 2.22. The maximum atomic E-state index is 11.9. The van der Waals surface area contributed by atoms with Crippen LogP contribution < -0.4 is 11.0 Å². The van der Waals surface area contributed by atoms with Gasteiger partial charge in [-0.15, -0.1) is 4.52 Å². The van der Waals surface area contributed by atoms with Crippen LogP contribution in [0.25, 0.3) is 0 Å². The monoisotopic (exact) mass is 391 g/mol. The molecule has 5 N–H and O–H groups in total. The summed E-state index contributed by atoms with van der Waals surface area (Å²) in [4.78, 5) is 9.03. The molecule has 0 aromatic carbocycles. The van der Waals surface area contributed by atoms with Crippen molar-refractivity contribution in [2.24, 2.45) is 11.0 Å². The normalized spacial score (nSPS) is 17.6. The van der Waals surface area contributed by atoms with Crippen molar-refractivity contribution in [2.75, 3.05) is 11.5 Å². The summed E-state index contributed by atoms with van der Waals surface area (Å²) in [5.74, 6) is 0.977. The van der Waals surface area contributed by atoms with E-state index in [2.05, 4.69) is 0 Å². The Hall–Kier alpha value is 0.280. The zero-order valence-corrected chi connectivity index (χ0v) is 16.8. The highest BCUT2D eigenvalue weighted by Gasteiger charge is 2.29. The first-order chi connectivity index (χ1) is 10.2. The first-order valence-corrected chi connectivity index (χ1v) is 11.7. The van der Waals surface area contributed by atoms with Crippen molar-refractivity contribution in [3.05, 3.63) is 0 Å². The van der Waals surface area contributed by atoms with Gasteiger partial charge in [0.25, 0.3) is 0 Å². The summed E-state index contributed by atoms with van der Waals surface area (Å²) in [5.41, 5.74) is 8.66. The zero-order valence-electron chi connectivity index (χ0n) is 14.2. The van der Waals surface area contributed by atoms with Gasteiger partial charge in [-0.2, -0.15) is 0 Å². The van der Waals surface area contributed by atoms with Gasteiger partial charge in [-0.3, -0.25) is 8.73 Å². The molecule has 0 fully saturated rings. The Bertz CT molecular complexity index is 466. The first-order valence-electron chi connectivity index (χ1n) is 7.31. The molecule has 0 radical (unpaired) electrons. The van der Waals surface area contributed by atoms with E-state index >= 15 is 0 Å². The molecule has 3 atom stereocenters. The second-order valence-corrected chi connectivity index (χ2v) is 10.4. The van der Waals surface area contributed by atoms with Crippen LogP contribution in [0.15, 0.2) is 0 Å². The van der Waals surface area contributed by atoms with Gasteiger partial charge in [0.05, 0.1) is 5.60 Å². The predicted octanol–water partition coefficient (Wildman–Crippen LogP) is 2.56. The lowest BCUT2D eigenvalue weighted by molar-refractivity contribution is 0.0832. The number of hydrogen-bond donors (Lipinski definition) is 3. The third-order valence-corrected chi connectivity index (χ3v) is 5.93. The first kappa shape index (κ1) is 23.3. The van der Waals surface area contributed by atoms with E-state index in [4.69, 9.17) is 24.9 Å². The summed E-state index contributed by atoms with van der Waals surface area (Å²) >= 11 is 0. The van der Waals surface area contributed by atoms with Gasteiger partial charge in [0.1, 0.15) is 5.60 Å². The molecule has 0 aliphatic carbocycles. The Balaban J connectivity index is 4.00. The van der Waals surface area contributed by atoms with Gasteiger partial charge < -0.3 is 4.89 Å². The topological polar surface area (TPSA) is 142 Å². The van der Waals surface area contributed by atoms with Crippen molar-refractivity contribution >= 4 is 26.7 Å². The fraction of sp³-hybridized carbons (Fsp3) is 1.00. The van der Waals surface area contributed by atoms with Crippen LogP contribution >= 0.6 is 15.9 Å². The molecule has 11 heteroatoms. The van der Waals surface area contributed by atoms with Crippen molar-refractivity contribution in [1.82, 2.24) is 0 Å². The highest BCUT2D eigenvalue weighted by atomic mass is 32.2. The van der Waals surface area contributed by atoms with E-state index in [1.165, 1.54) is 0 Å². The lowest BCUT2D eigenvalue weighted by Gasteiger charge is -2.25. The van der Waals surface area contributed by atoms with Gasteiger partial charge in [0.15, 0.2) is 0 Å². The van der Waals surface area contributed by atoms with Crippen LogP contribution in [0, 0.1) is 0 Å². The zero-order chi connectivity index (χ0) is 18.3. The molecule has 23 heavy (non-hydrogen) atoms. The largest absolute Gasteiger partial charge is 0.610 e. The molecule has 0 aromatic heterocycles. The summed E-state index contributed by atoms with van der Waals surface area (Å²) in [6.07, 6.45) is 2.33.